The van der Waals surface area contributed by atoms with E-state index in [1.165, 1.54) is 9.75 Å². The van der Waals surface area contributed by atoms with E-state index < -0.39 is 0 Å². The van der Waals surface area contributed by atoms with Crippen molar-refractivity contribution in [2.75, 3.05) is 20.2 Å². The van der Waals surface area contributed by atoms with Crippen molar-refractivity contribution in [2.24, 2.45) is 0 Å². The number of aryl methyl sites for hydroxylation is 1. The highest BCUT2D eigenvalue weighted by atomic mass is 32.1. The van der Waals surface area contributed by atoms with Gasteiger partial charge in [0.15, 0.2) is 0 Å². The second kappa shape index (κ2) is 8.70. The maximum Gasteiger partial charge on any atom is 0.317 e. The van der Waals surface area contributed by atoms with Crippen LogP contribution in [0.4, 0.5) is 4.79 Å². The topological polar surface area (TPSA) is 52.6 Å². The molecule has 4 nitrogen and oxygen atoms in total. The number of benzene rings is 1. The minimum absolute atomic E-state index is 0.0880. The van der Waals surface area contributed by atoms with Gasteiger partial charge < -0.3 is 15.3 Å². The van der Waals surface area contributed by atoms with Crippen LogP contribution in [0.3, 0.4) is 0 Å². The number of aliphatic hydroxyl groups excluding tert-OH is 1. The molecule has 1 unspecified atom stereocenters. The third kappa shape index (κ3) is 5.37. The molecule has 2 aromatic rings. The highest BCUT2D eigenvalue weighted by molar-refractivity contribution is 7.11. The number of carbonyl (C=O) groups excluding carboxylic acids is 1. The minimum Gasteiger partial charge on any atom is -0.396 e. The molecule has 0 saturated heterocycles. The number of hydrogen-bond acceptors (Lipinski definition) is 3. The summed E-state index contributed by atoms with van der Waals surface area (Å²) in [6.07, 6.45) is 0.637. The molecule has 1 aromatic heterocycles. The van der Waals surface area contributed by atoms with Crippen LogP contribution in [-0.2, 0) is 6.54 Å². The molecule has 0 spiro atoms. The molecule has 2 amide bonds. The standard InChI is InChI=1S/C18H24N2O2S/c1-14-8-9-17(23-14)13-20(2)18(22)19-12-16(10-11-21)15-6-4-3-5-7-15/h3-9,16,21H,10-13H2,1-2H3,(H,19,22). The predicted molar refractivity (Wildman–Crippen MR) is 94.8 cm³/mol. The number of nitrogens with one attached hydrogen (secondary N) is 1. The van der Waals surface area contributed by atoms with Gasteiger partial charge in [-0.3, -0.25) is 0 Å². The first kappa shape index (κ1) is 17.5. The molecule has 0 bridgehead atoms. The maximum absolute atomic E-state index is 12.3. The van der Waals surface area contributed by atoms with Gasteiger partial charge in [0, 0.05) is 35.9 Å². The number of nitrogens with zero attached hydrogens (tertiary/aromatic N) is 1. The van der Waals surface area contributed by atoms with Crippen LogP contribution >= 0.6 is 11.3 Å². The third-order valence-corrected chi connectivity index (χ3v) is 4.77. The molecule has 0 fully saturated rings. The fourth-order valence-corrected chi connectivity index (χ4v) is 3.43. The van der Waals surface area contributed by atoms with Crippen molar-refractivity contribution in [3.05, 3.63) is 57.8 Å². The van der Waals surface area contributed by atoms with Crippen LogP contribution in [0.2, 0.25) is 0 Å². The van der Waals surface area contributed by atoms with Crippen LogP contribution in [0.5, 0.6) is 0 Å². The molecule has 5 heteroatoms. The van der Waals surface area contributed by atoms with Gasteiger partial charge in [0.2, 0.25) is 0 Å². The van der Waals surface area contributed by atoms with E-state index in [9.17, 15) is 9.90 Å². The number of urea groups is 1. The van der Waals surface area contributed by atoms with Crippen LogP contribution in [0.15, 0.2) is 42.5 Å². The van der Waals surface area contributed by atoms with E-state index in [4.69, 9.17) is 0 Å². The maximum atomic E-state index is 12.3. The monoisotopic (exact) mass is 332 g/mol. The summed E-state index contributed by atoms with van der Waals surface area (Å²) < 4.78 is 0. The molecule has 1 atom stereocenters. The van der Waals surface area contributed by atoms with E-state index in [1.807, 2.05) is 30.3 Å². The lowest BCUT2D eigenvalue weighted by atomic mass is 9.96. The fourth-order valence-electron chi connectivity index (χ4n) is 2.49. The molecule has 2 N–H and O–H groups in total. The van der Waals surface area contributed by atoms with E-state index >= 15 is 0 Å². The molecule has 1 heterocycles. The Hall–Kier alpha value is -1.85. The molecule has 0 aliphatic heterocycles. The van der Waals surface area contributed by atoms with Gasteiger partial charge >= 0.3 is 6.03 Å². The Morgan fingerprint density at radius 2 is 2.00 bits per heavy atom. The molecule has 0 aliphatic rings. The molecule has 1 aromatic carbocycles. The summed E-state index contributed by atoms with van der Waals surface area (Å²) >= 11 is 1.71. The largest absolute Gasteiger partial charge is 0.396 e. The zero-order valence-corrected chi connectivity index (χ0v) is 14.5. The van der Waals surface area contributed by atoms with Crippen LogP contribution in [0.25, 0.3) is 0 Å². The molecule has 23 heavy (non-hydrogen) atoms. The Bertz CT molecular complexity index is 612. The average molecular weight is 332 g/mol. The third-order valence-electron chi connectivity index (χ3n) is 3.78. The van der Waals surface area contributed by atoms with Crippen molar-refractivity contribution in [3.8, 4) is 0 Å². The normalized spacial score (nSPS) is 12.0. The SMILES string of the molecule is Cc1ccc(CN(C)C(=O)NCC(CCO)c2ccccc2)s1. The summed E-state index contributed by atoms with van der Waals surface area (Å²) in [5.41, 5.74) is 1.14. The van der Waals surface area contributed by atoms with Crippen molar-refractivity contribution in [3.63, 3.8) is 0 Å². The smallest absolute Gasteiger partial charge is 0.317 e. The average Bonchev–Trinajstić information content (AvgIpc) is 2.96. The quantitative estimate of drug-likeness (QED) is 0.817. The molecule has 124 valence electrons. The van der Waals surface area contributed by atoms with E-state index in [1.54, 1.807) is 23.3 Å². The lowest BCUT2D eigenvalue weighted by Crippen LogP contribution is -2.38. The number of thiophene rings is 1. The molecular weight excluding hydrogens is 308 g/mol. The van der Waals surface area contributed by atoms with Gasteiger partial charge in [-0.15, -0.1) is 11.3 Å². The van der Waals surface area contributed by atoms with Crippen molar-refractivity contribution >= 4 is 17.4 Å². The summed E-state index contributed by atoms with van der Waals surface area (Å²) in [5.74, 6) is 0.127. The van der Waals surface area contributed by atoms with Crippen molar-refractivity contribution < 1.29 is 9.90 Å². The Kier molecular flexibility index (Phi) is 6.62. The molecular formula is C18H24N2O2S. The summed E-state index contributed by atoms with van der Waals surface area (Å²) in [4.78, 5) is 16.4. The Labute approximate surface area is 141 Å². The lowest BCUT2D eigenvalue weighted by molar-refractivity contribution is 0.205. The van der Waals surface area contributed by atoms with Crippen LogP contribution in [-0.4, -0.2) is 36.2 Å². The first-order chi connectivity index (χ1) is 11.1. The van der Waals surface area contributed by atoms with Gasteiger partial charge in [-0.2, -0.15) is 0 Å². The van der Waals surface area contributed by atoms with E-state index in [0.717, 1.165) is 5.56 Å². The van der Waals surface area contributed by atoms with Crippen LogP contribution in [0, 0.1) is 6.92 Å². The first-order valence-electron chi connectivity index (χ1n) is 7.80. The van der Waals surface area contributed by atoms with Gasteiger partial charge in [0.25, 0.3) is 0 Å². The number of hydrogen-bond donors (Lipinski definition) is 2. The van der Waals surface area contributed by atoms with Gasteiger partial charge in [-0.25, -0.2) is 4.79 Å². The summed E-state index contributed by atoms with van der Waals surface area (Å²) in [5, 5.41) is 12.2. The Morgan fingerprint density at radius 1 is 1.26 bits per heavy atom. The highest BCUT2D eigenvalue weighted by Gasteiger charge is 2.15. The molecule has 0 saturated carbocycles. The number of rotatable bonds is 7. The van der Waals surface area contributed by atoms with Gasteiger partial charge in [0.05, 0.1) is 6.54 Å². The minimum atomic E-state index is -0.0880. The predicted octanol–water partition coefficient (Wildman–Crippen LogP) is 3.36. The van der Waals surface area contributed by atoms with Crippen LogP contribution < -0.4 is 5.32 Å². The highest BCUT2D eigenvalue weighted by Crippen LogP contribution is 2.19. The Balaban J connectivity index is 1.88. The zero-order chi connectivity index (χ0) is 16.7. The van der Waals surface area contributed by atoms with E-state index in [0.29, 0.717) is 19.5 Å². The summed E-state index contributed by atoms with van der Waals surface area (Å²) in [6.45, 7) is 3.31. The summed E-state index contributed by atoms with van der Waals surface area (Å²) in [7, 11) is 1.80. The van der Waals surface area contributed by atoms with E-state index in [-0.39, 0.29) is 18.6 Å². The molecule has 0 aliphatic carbocycles. The van der Waals surface area contributed by atoms with Crippen molar-refractivity contribution in [2.45, 2.75) is 25.8 Å². The lowest BCUT2D eigenvalue weighted by Gasteiger charge is -2.21. The van der Waals surface area contributed by atoms with Gasteiger partial charge in [-0.05, 0) is 31.0 Å². The Morgan fingerprint density at radius 3 is 2.61 bits per heavy atom. The zero-order valence-electron chi connectivity index (χ0n) is 13.7. The second-order valence-electron chi connectivity index (χ2n) is 5.67. The number of aliphatic hydroxyl groups is 1. The molecule has 2 rings (SSSR count). The van der Waals surface area contributed by atoms with Crippen molar-refractivity contribution in [1.82, 2.24) is 10.2 Å². The van der Waals surface area contributed by atoms with Crippen molar-refractivity contribution in [1.29, 1.82) is 0 Å². The van der Waals surface area contributed by atoms with Gasteiger partial charge in [-0.1, -0.05) is 30.3 Å². The van der Waals surface area contributed by atoms with Gasteiger partial charge in [0.1, 0.15) is 0 Å². The fraction of sp³-hybridized carbons (Fsp3) is 0.389. The second-order valence-corrected chi connectivity index (χ2v) is 7.05. The first-order valence-corrected chi connectivity index (χ1v) is 8.62. The van der Waals surface area contributed by atoms with Crippen LogP contribution in [0.1, 0.15) is 27.7 Å². The molecule has 0 radical (unpaired) electrons. The number of carbonyl (C=O) groups is 1. The van der Waals surface area contributed by atoms with E-state index in [2.05, 4.69) is 24.4 Å². The summed E-state index contributed by atoms with van der Waals surface area (Å²) in [6, 6.07) is 14.0. The number of amides is 2.